The highest BCUT2D eigenvalue weighted by atomic mass is 79.9. The Kier molecular flexibility index (Phi) is 13.7. The molecule has 11 nitrogen and oxygen atoms in total. The third-order valence-corrected chi connectivity index (χ3v) is 11.7. The highest BCUT2D eigenvalue weighted by Crippen LogP contribution is 2.34. The van der Waals surface area contributed by atoms with E-state index in [1.54, 1.807) is 41.2 Å². The first kappa shape index (κ1) is 47.8. The Morgan fingerprint density at radius 2 is 1.13 bits per heavy atom. The summed E-state index contributed by atoms with van der Waals surface area (Å²) in [7, 11) is 0. The molecule has 0 unspecified atom stereocenters. The number of amides is 2. The van der Waals surface area contributed by atoms with Crippen LogP contribution >= 0.6 is 15.9 Å². The van der Waals surface area contributed by atoms with Crippen LogP contribution in [0.2, 0.25) is 0 Å². The van der Waals surface area contributed by atoms with Gasteiger partial charge in [-0.3, -0.25) is 18.7 Å². The van der Waals surface area contributed by atoms with E-state index in [1.165, 1.54) is 24.5 Å². The van der Waals surface area contributed by atoms with Crippen LogP contribution in [0.15, 0.2) is 96.0 Å². The number of imidazole rings is 2. The molecule has 2 aromatic heterocycles. The molecule has 0 saturated heterocycles. The first-order valence-electron chi connectivity index (χ1n) is 21.6. The minimum atomic E-state index is -4.35. The summed E-state index contributed by atoms with van der Waals surface area (Å²) in [4.78, 5) is 33.7. The first-order chi connectivity index (χ1) is 32.3. The zero-order chi connectivity index (χ0) is 48.5. The van der Waals surface area contributed by atoms with E-state index in [9.17, 15) is 44.7 Å². The summed E-state index contributed by atoms with van der Waals surface area (Å²) < 4.78 is 108. The van der Waals surface area contributed by atoms with E-state index < -0.39 is 43.4 Å². The number of fused-ring (bicyclic) bond motifs is 2. The predicted octanol–water partition coefficient (Wildman–Crippen LogP) is 12.0. The highest BCUT2D eigenvalue weighted by molar-refractivity contribution is 9.10. The molecule has 356 valence electrons. The summed E-state index contributed by atoms with van der Waals surface area (Å²) in [5.41, 5.74) is 7.47. The van der Waals surface area contributed by atoms with Crippen LogP contribution in [0.1, 0.15) is 70.4 Å². The van der Waals surface area contributed by atoms with Crippen molar-refractivity contribution in [1.82, 2.24) is 29.7 Å². The number of benzene rings is 5. The summed E-state index contributed by atoms with van der Waals surface area (Å²) in [5, 5.41) is 14.4. The van der Waals surface area contributed by atoms with Crippen molar-refractivity contribution in [3.8, 4) is 11.4 Å². The SMILES string of the molecule is Cc1cc(-n2cnc3c(NCCC(F)(F)F)cc(Br)cc32)ccc1C(=O)NC1CC1.Cc1cc(-n2cnc3c(NCCC(F)(F)F)cc(Nc4cccc(F)c4F)cc32)ccc1C(=O)NC1CC1. The molecule has 2 saturated carbocycles. The van der Waals surface area contributed by atoms with Crippen LogP contribution in [0, 0.1) is 25.5 Å². The second kappa shape index (κ2) is 19.5. The number of aromatic nitrogens is 4. The maximum absolute atomic E-state index is 14.3. The third-order valence-electron chi connectivity index (χ3n) is 11.2. The Labute approximate surface area is 392 Å². The van der Waals surface area contributed by atoms with Gasteiger partial charge in [-0.2, -0.15) is 26.3 Å². The monoisotopic (exact) mass is 1010 g/mol. The van der Waals surface area contributed by atoms with Crippen LogP contribution < -0.4 is 26.6 Å². The fourth-order valence-corrected chi connectivity index (χ4v) is 7.92. The number of alkyl halides is 6. The molecule has 5 aromatic carbocycles. The van der Waals surface area contributed by atoms with Crippen LogP contribution in [0.5, 0.6) is 0 Å². The number of carbonyl (C=O) groups excluding carboxylic acids is 2. The van der Waals surface area contributed by atoms with Crippen molar-refractivity contribution in [2.75, 3.05) is 29.0 Å². The number of hydrogen-bond donors (Lipinski definition) is 5. The Bertz CT molecular complexity index is 3010. The number of carbonyl (C=O) groups is 2. The molecule has 20 heteroatoms. The highest BCUT2D eigenvalue weighted by Gasteiger charge is 2.29. The van der Waals surface area contributed by atoms with E-state index in [1.807, 2.05) is 42.7 Å². The van der Waals surface area contributed by atoms with Gasteiger partial charge in [0.05, 0.1) is 40.9 Å². The van der Waals surface area contributed by atoms with Crippen molar-refractivity contribution < 1.29 is 44.7 Å². The molecule has 5 N–H and O–H groups in total. The van der Waals surface area contributed by atoms with Crippen molar-refractivity contribution in [3.05, 3.63) is 130 Å². The molecule has 7 aromatic rings. The summed E-state index contributed by atoms with van der Waals surface area (Å²) in [5.74, 6) is -2.34. The summed E-state index contributed by atoms with van der Waals surface area (Å²) in [6.07, 6.45) is -3.41. The Morgan fingerprint density at radius 1 is 0.647 bits per heavy atom. The first-order valence-corrected chi connectivity index (χ1v) is 22.4. The zero-order valence-corrected chi connectivity index (χ0v) is 38.1. The van der Waals surface area contributed by atoms with Gasteiger partial charge in [0, 0.05) is 57.8 Å². The van der Waals surface area contributed by atoms with Gasteiger partial charge < -0.3 is 26.6 Å². The van der Waals surface area contributed by atoms with E-state index in [-0.39, 0.29) is 36.1 Å². The average molecular weight is 1010 g/mol. The minimum absolute atomic E-state index is 0.0732. The van der Waals surface area contributed by atoms with Gasteiger partial charge in [-0.25, -0.2) is 18.7 Å². The van der Waals surface area contributed by atoms with Crippen molar-refractivity contribution in [2.45, 2.75) is 76.8 Å². The normalized spacial score (nSPS) is 13.8. The molecule has 9 rings (SSSR count). The standard InChI is InChI=1S/C27H24F5N5O.C21H20BrF3N4O/c1-15-11-18(7-8-19(15)26(38)36-16-5-6-16)37-14-34-25-22(33-10-9-27(30,31)32)12-17(13-23(25)37)35-21-4-2-3-20(28)24(21)29;1-12-8-15(4-5-16(12)20(30)28-14-2-3-14)29-11-27-19-17(9-13(22)10-18(19)29)26-7-6-21(23,24)25/h2-4,7-8,11-14,16,33,35H,5-6,9-10H2,1H3,(H,36,38);4-5,8-11,14,26H,2-3,6-7H2,1H3,(H,28,30). The van der Waals surface area contributed by atoms with Crippen LogP contribution in [0.25, 0.3) is 33.4 Å². The lowest BCUT2D eigenvalue weighted by Crippen LogP contribution is -2.26. The number of hydrogen-bond acceptors (Lipinski definition) is 7. The number of rotatable bonds is 14. The predicted molar refractivity (Wildman–Crippen MR) is 248 cm³/mol. The molecule has 2 aliphatic carbocycles. The topological polar surface area (TPSA) is 130 Å². The van der Waals surface area contributed by atoms with Gasteiger partial charge in [0.2, 0.25) is 0 Å². The van der Waals surface area contributed by atoms with Gasteiger partial charge in [-0.1, -0.05) is 22.0 Å². The maximum atomic E-state index is 14.3. The molecule has 68 heavy (non-hydrogen) atoms. The largest absolute Gasteiger partial charge is 0.390 e. The van der Waals surface area contributed by atoms with Crippen LogP contribution in [-0.2, 0) is 0 Å². The van der Waals surface area contributed by atoms with Crippen molar-refractivity contribution in [2.24, 2.45) is 0 Å². The van der Waals surface area contributed by atoms with Gasteiger partial charge in [0.25, 0.3) is 11.8 Å². The molecule has 0 spiro atoms. The molecule has 0 radical (unpaired) electrons. The molecule has 0 atom stereocenters. The van der Waals surface area contributed by atoms with E-state index in [2.05, 4.69) is 52.5 Å². The fourth-order valence-electron chi connectivity index (χ4n) is 7.47. The molecular formula is C48H44BrF8N9O2. The van der Waals surface area contributed by atoms with Crippen molar-refractivity contribution in [1.29, 1.82) is 0 Å². The summed E-state index contributed by atoms with van der Waals surface area (Å²) in [6.45, 7) is 3.07. The molecule has 2 fully saturated rings. The van der Waals surface area contributed by atoms with Gasteiger partial charge in [-0.05, 0) is 123 Å². The second-order valence-corrected chi connectivity index (χ2v) is 17.7. The molecular weight excluding hydrogens is 966 g/mol. The molecule has 0 aliphatic heterocycles. The number of aryl methyl sites for hydroxylation is 2. The van der Waals surface area contributed by atoms with Gasteiger partial charge >= 0.3 is 12.4 Å². The van der Waals surface area contributed by atoms with Crippen LogP contribution in [0.3, 0.4) is 0 Å². The third kappa shape index (κ3) is 11.7. The van der Waals surface area contributed by atoms with Gasteiger partial charge in [0.1, 0.15) is 23.7 Å². The van der Waals surface area contributed by atoms with Gasteiger partial charge in [-0.15, -0.1) is 0 Å². The molecule has 0 bridgehead atoms. The minimum Gasteiger partial charge on any atom is -0.383 e. The average Bonchev–Trinajstić information content (AvgIpc) is 4.18. The maximum Gasteiger partial charge on any atom is 0.390 e. The van der Waals surface area contributed by atoms with E-state index in [0.29, 0.717) is 50.4 Å². The molecule has 2 amide bonds. The lowest BCUT2D eigenvalue weighted by Gasteiger charge is -2.15. The lowest BCUT2D eigenvalue weighted by molar-refractivity contribution is -0.132. The molecule has 2 aliphatic rings. The smallest absolute Gasteiger partial charge is 0.383 e. The zero-order valence-electron chi connectivity index (χ0n) is 36.5. The lowest BCUT2D eigenvalue weighted by atomic mass is 10.1. The van der Waals surface area contributed by atoms with Crippen molar-refractivity contribution >= 4 is 72.6 Å². The second-order valence-electron chi connectivity index (χ2n) is 16.7. The quantitative estimate of drug-likeness (QED) is 0.0686. The Morgan fingerprint density at radius 3 is 1.60 bits per heavy atom. The summed E-state index contributed by atoms with van der Waals surface area (Å²) >= 11 is 3.42. The van der Waals surface area contributed by atoms with E-state index in [0.717, 1.165) is 58.6 Å². The van der Waals surface area contributed by atoms with Crippen LogP contribution in [-0.4, -0.2) is 68.4 Å². The fraction of sp³-hybridized carbons (Fsp3) is 0.292. The Hall–Kier alpha value is -6.70. The number of nitrogens with one attached hydrogen (secondary N) is 5. The summed E-state index contributed by atoms with van der Waals surface area (Å²) in [6, 6.07) is 21.7. The number of nitrogens with zero attached hydrogens (tertiary/aromatic N) is 4. The van der Waals surface area contributed by atoms with E-state index in [4.69, 9.17) is 0 Å². The van der Waals surface area contributed by atoms with Gasteiger partial charge in [0.15, 0.2) is 11.6 Å². The Balaban J connectivity index is 0.000000189. The number of anilines is 4. The van der Waals surface area contributed by atoms with E-state index >= 15 is 0 Å². The van der Waals surface area contributed by atoms with Crippen LogP contribution in [0.4, 0.5) is 57.9 Å². The number of halogens is 9. The van der Waals surface area contributed by atoms with Crippen molar-refractivity contribution in [3.63, 3.8) is 0 Å². The molecule has 2 heterocycles.